The first-order valence-electron chi connectivity index (χ1n) is 8.09. The Kier molecular flexibility index (Phi) is 6.38. The first-order valence-corrected chi connectivity index (χ1v) is 8.09. The van der Waals surface area contributed by atoms with Crippen LogP contribution in [-0.2, 0) is 9.53 Å². The van der Waals surface area contributed by atoms with E-state index in [2.05, 4.69) is 10.6 Å². The number of para-hydroxylation sites is 1. The monoisotopic (exact) mass is 327 g/mol. The predicted octanol–water partition coefficient (Wildman–Crippen LogP) is 2.74. The van der Waals surface area contributed by atoms with Crippen molar-refractivity contribution in [1.82, 2.24) is 5.32 Å². The number of nitrogens with zero attached hydrogens (tertiary/aromatic N) is 1. The first-order chi connectivity index (χ1) is 11.7. The average molecular weight is 327 g/mol. The third kappa shape index (κ3) is 4.59. The molecular formula is C18H21N3O3. The lowest BCUT2D eigenvalue weighted by Crippen LogP contribution is -2.23. The zero-order chi connectivity index (χ0) is 17.4. The SMILES string of the molecule is CCOC(=O)c1ccccc1NC(=O)/C(C#N)=C\NC1CCCC1. The zero-order valence-corrected chi connectivity index (χ0v) is 13.7. The third-order valence-electron chi connectivity index (χ3n) is 3.85. The summed E-state index contributed by atoms with van der Waals surface area (Å²) in [5.41, 5.74) is 0.553. The summed E-state index contributed by atoms with van der Waals surface area (Å²) < 4.78 is 4.97. The Balaban J connectivity index is 2.08. The van der Waals surface area contributed by atoms with Crippen LogP contribution in [0, 0.1) is 11.3 Å². The van der Waals surface area contributed by atoms with Crippen molar-refractivity contribution in [3.05, 3.63) is 41.6 Å². The van der Waals surface area contributed by atoms with E-state index in [1.165, 1.54) is 6.20 Å². The fourth-order valence-electron chi connectivity index (χ4n) is 2.61. The Morgan fingerprint density at radius 2 is 2.04 bits per heavy atom. The maximum absolute atomic E-state index is 12.3. The second-order valence-corrected chi connectivity index (χ2v) is 5.54. The molecule has 1 aromatic rings. The molecule has 0 unspecified atom stereocenters. The quantitative estimate of drug-likeness (QED) is 0.476. The molecule has 1 saturated carbocycles. The Morgan fingerprint density at radius 1 is 1.33 bits per heavy atom. The van der Waals surface area contributed by atoms with Crippen LogP contribution < -0.4 is 10.6 Å². The maximum atomic E-state index is 12.3. The molecule has 0 saturated heterocycles. The number of carbonyl (C=O) groups is 2. The third-order valence-corrected chi connectivity index (χ3v) is 3.85. The number of anilines is 1. The van der Waals surface area contributed by atoms with Gasteiger partial charge in [0.2, 0.25) is 0 Å². The number of benzene rings is 1. The molecule has 0 heterocycles. The first kappa shape index (κ1) is 17.5. The molecule has 126 valence electrons. The number of hydrogen-bond acceptors (Lipinski definition) is 5. The molecule has 2 N–H and O–H groups in total. The fraction of sp³-hybridized carbons (Fsp3) is 0.389. The summed E-state index contributed by atoms with van der Waals surface area (Å²) >= 11 is 0. The van der Waals surface area contributed by atoms with E-state index in [0.717, 1.165) is 25.7 Å². The standard InChI is InChI=1S/C18H21N3O3/c1-2-24-18(23)15-9-5-6-10-16(15)21-17(22)13(11-19)12-20-14-7-3-4-8-14/h5-6,9-10,12,14,20H,2-4,7-8H2,1H3,(H,21,22)/b13-12-. The van der Waals surface area contributed by atoms with Crippen molar-refractivity contribution in [2.24, 2.45) is 0 Å². The van der Waals surface area contributed by atoms with Crippen molar-refractivity contribution >= 4 is 17.6 Å². The molecule has 2 rings (SSSR count). The zero-order valence-electron chi connectivity index (χ0n) is 13.7. The van der Waals surface area contributed by atoms with Crippen molar-refractivity contribution in [2.75, 3.05) is 11.9 Å². The maximum Gasteiger partial charge on any atom is 0.340 e. The molecule has 24 heavy (non-hydrogen) atoms. The molecule has 0 aromatic heterocycles. The topological polar surface area (TPSA) is 91.2 Å². The Labute approximate surface area is 141 Å². The molecule has 1 fully saturated rings. The van der Waals surface area contributed by atoms with Crippen LogP contribution in [0.2, 0.25) is 0 Å². The van der Waals surface area contributed by atoms with Crippen molar-refractivity contribution in [3.8, 4) is 6.07 Å². The van der Waals surface area contributed by atoms with Gasteiger partial charge in [-0.25, -0.2) is 4.79 Å². The number of amides is 1. The minimum absolute atomic E-state index is 0.0273. The van der Waals surface area contributed by atoms with Crippen LogP contribution in [0.1, 0.15) is 43.0 Å². The molecule has 0 spiro atoms. The molecule has 1 aliphatic carbocycles. The predicted molar refractivity (Wildman–Crippen MR) is 90.1 cm³/mol. The summed E-state index contributed by atoms with van der Waals surface area (Å²) in [6, 6.07) is 8.76. The molecule has 1 aromatic carbocycles. The van der Waals surface area contributed by atoms with Crippen LogP contribution in [0.4, 0.5) is 5.69 Å². The molecule has 1 amide bonds. The minimum Gasteiger partial charge on any atom is -0.462 e. The van der Waals surface area contributed by atoms with Gasteiger partial charge in [0, 0.05) is 12.2 Å². The van der Waals surface area contributed by atoms with Gasteiger partial charge >= 0.3 is 5.97 Å². The molecule has 6 heteroatoms. The Bertz CT molecular complexity index is 670. The number of esters is 1. The van der Waals surface area contributed by atoms with Gasteiger partial charge in [0.1, 0.15) is 11.6 Å². The summed E-state index contributed by atoms with van der Waals surface area (Å²) in [6.45, 7) is 1.96. The highest BCUT2D eigenvalue weighted by Gasteiger charge is 2.17. The smallest absolute Gasteiger partial charge is 0.340 e. The largest absolute Gasteiger partial charge is 0.462 e. The molecular weight excluding hydrogens is 306 g/mol. The van der Waals surface area contributed by atoms with Gasteiger partial charge < -0.3 is 15.4 Å². The van der Waals surface area contributed by atoms with Gasteiger partial charge in [0.05, 0.1) is 17.9 Å². The van der Waals surface area contributed by atoms with Crippen LogP contribution in [0.25, 0.3) is 0 Å². The second kappa shape index (κ2) is 8.73. The Hall–Kier alpha value is -2.81. The number of nitrogens with one attached hydrogen (secondary N) is 2. The second-order valence-electron chi connectivity index (χ2n) is 5.54. The summed E-state index contributed by atoms with van der Waals surface area (Å²) in [7, 11) is 0. The highest BCUT2D eigenvalue weighted by Crippen LogP contribution is 2.19. The van der Waals surface area contributed by atoms with E-state index in [1.807, 2.05) is 6.07 Å². The number of rotatable bonds is 6. The van der Waals surface area contributed by atoms with Gasteiger partial charge in [-0.05, 0) is 31.9 Å². The summed E-state index contributed by atoms with van der Waals surface area (Å²) in [4.78, 5) is 24.2. The van der Waals surface area contributed by atoms with Crippen LogP contribution in [-0.4, -0.2) is 24.5 Å². The lowest BCUT2D eigenvalue weighted by Gasteiger charge is -2.11. The molecule has 0 aliphatic heterocycles. The lowest BCUT2D eigenvalue weighted by atomic mass is 10.1. The van der Waals surface area contributed by atoms with Crippen LogP contribution in [0.15, 0.2) is 36.0 Å². The van der Waals surface area contributed by atoms with E-state index in [9.17, 15) is 14.9 Å². The highest BCUT2D eigenvalue weighted by molar-refractivity contribution is 6.09. The Morgan fingerprint density at radius 3 is 2.71 bits per heavy atom. The van der Waals surface area contributed by atoms with E-state index in [-0.39, 0.29) is 17.7 Å². The number of hydrogen-bond donors (Lipinski definition) is 2. The summed E-state index contributed by atoms with van der Waals surface area (Å²) in [6.07, 6.45) is 5.86. The van der Waals surface area contributed by atoms with Gasteiger partial charge in [-0.1, -0.05) is 25.0 Å². The van der Waals surface area contributed by atoms with Gasteiger partial charge in [0.15, 0.2) is 0 Å². The van der Waals surface area contributed by atoms with Gasteiger partial charge in [-0.3, -0.25) is 4.79 Å². The van der Waals surface area contributed by atoms with Crippen molar-refractivity contribution in [2.45, 2.75) is 38.6 Å². The highest BCUT2D eigenvalue weighted by atomic mass is 16.5. The molecule has 1 aliphatic rings. The van der Waals surface area contributed by atoms with Gasteiger partial charge in [0.25, 0.3) is 5.91 Å². The van der Waals surface area contributed by atoms with E-state index in [0.29, 0.717) is 11.7 Å². The number of carbonyl (C=O) groups excluding carboxylic acids is 2. The molecule has 0 radical (unpaired) electrons. The fourth-order valence-corrected chi connectivity index (χ4v) is 2.61. The molecule has 0 atom stereocenters. The summed E-state index contributed by atoms with van der Waals surface area (Å²) in [5, 5.41) is 14.9. The van der Waals surface area contributed by atoms with E-state index in [4.69, 9.17) is 4.74 Å². The van der Waals surface area contributed by atoms with Crippen LogP contribution in [0.5, 0.6) is 0 Å². The van der Waals surface area contributed by atoms with Crippen molar-refractivity contribution in [3.63, 3.8) is 0 Å². The van der Waals surface area contributed by atoms with Gasteiger partial charge in [-0.2, -0.15) is 5.26 Å². The molecule has 0 bridgehead atoms. The van der Waals surface area contributed by atoms with E-state index < -0.39 is 11.9 Å². The summed E-state index contributed by atoms with van der Waals surface area (Å²) in [5.74, 6) is -1.07. The van der Waals surface area contributed by atoms with Crippen molar-refractivity contribution in [1.29, 1.82) is 5.26 Å². The average Bonchev–Trinajstić information content (AvgIpc) is 3.09. The minimum atomic E-state index is -0.556. The normalized spacial score (nSPS) is 14.8. The molecule has 6 nitrogen and oxygen atoms in total. The number of ether oxygens (including phenoxy) is 1. The van der Waals surface area contributed by atoms with Crippen LogP contribution >= 0.6 is 0 Å². The number of nitriles is 1. The van der Waals surface area contributed by atoms with Crippen molar-refractivity contribution < 1.29 is 14.3 Å². The van der Waals surface area contributed by atoms with E-state index >= 15 is 0 Å². The van der Waals surface area contributed by atoms with Crippen LogP contribution in [0.3, 0.4) is 0 Å². The lowest BCUT2D eigenvalue weighted by molar-refractivity contribution is -0.112. The van der Waals surface area contributed by atoms with Gasteiger partial charge in [-0.15, -0.1) is 0 Å². The van der Waals surface area contributed by atoms with E-state index in [1.54, 1.807) is 31.2 Å².